The number of allylic oxidation sites excluding steroid dienone is 7. The molecule has 8 nitrogen and oxygen atoms in total. The first kappa shape index (κ1) is 108. The van der Waals surface area contributed by atoms with Crippen LogP contribution < -0.4 is 9.47 Å². The number of ether oxygens (including phenoxy) is 2. The molecule has 2 aliphatic carbocycles. The van der Waals surface area contributed by atoms with E-state index in [1.165, 1.54) is 104 Å². The van der Waals surface area contributed by atoms with Gasteiger partial charge in [0, 0.05) is 76.3 Å². The molecule has 0 aliphatic heterocycles. The number of pyridine rings is 5. The number of rotatable bonds is 11. The predicted molar refractivity (Wildman–Crippen MR) is 540 cm³/mol. The maximum atomic E-state index is 4.98. The van der Waals surface area contributed by atoms with Crippen LogP contribution in [0.5, 0.6) is 11.5 Å². The lowest BCUT2D eigenvalue weighted by Crippen LogP contribution is -2.24. The molecule has 0 amide bonds. The fourth-order valence-corrected chi connectivity index (χ4v) is 14.9. The van der Waals surface area contributed by atoms with Gasteiger partial charge in [0.2, 0.25) is 0 Å². The highest BCUT2D eigenvalue weighted by atomic mass is 32.2. The molecule has 2 aliphatic rings. The maximum absolute atomic E-state index is 4.98. The van der Waals surface area contributed by atoms with Gasteiger partial charge in [-0.3, -0.25) is 29.9 Å². The van der Waals surface area contributed by atoms with Crippen LogP contribution in [0.25, 0.3) is 28.3 Å². The molecule has 122 heavy (non-hydrogen) atoms. The molecule has 0 saturated heterocycles. The van der Waals surface area contributed by atoms with Gasteiger partial charge in [-0.1, -0.05) is 286 Å². The molecule has 0 bridgehead atoms. The van der Waals surface area contributed by atoms with E-state index in [-0.39, 0.29) is 40.5 Å². The van der Waals surface area contributed by atoms with Crippen molar-refractivity contribution in [3.8, 4) is 33.8 Å². The lowest BCUT2D eigenvalue weighted by Gasteiger charge is -2.29. The maximum Gasteiger partial charge on any atom is 0.140 e. The van der Waals surface area contributed by atoms with E-state index in [2.05, 4.69) is 329 Å². The van der Waals surface area contributed by atoms with Crippen LogP contribution in [0.4, 0.5) is 0 Å². The van der Waals surface area contributed by atoms with Gasteiger partial charge in [0.1, 0.15) is 11.5 Å². The molecular weight excluding hydrogens is 1530 g/mol. The lowest BCUT2D eigenvalue weighted by atomic mass is 9.73. The molecule has 8 aromatic carbocycles. The molecule has 644 valence electrons. The van der Waals surface area contributed by atoms with Gasteiger partial charge in [0.15, 0.2) is 0 Å². The molecular formula is C112H142N6O2S2. The van der Waals surface area contributed by atoms with Gasteiger partial charge in [-0.15, -0.1) is 23.5 Å². The standard InChI is InChI=1S/C21H18.C20H17N.C10H12.C9H12.C8H11N.C8H10S.2C7H9NO.C7H9NS.C6H10.C5H9N.4CH4/c1-15-9-3-6-12-18(15)21(2)19-13-7-4-10-16(19)17-11-5-8-14-20(17)21;1-14-17(12-7-13-21-14)20(2)18-10-5-3-8-15(18)16-9-4-6-11-19(16)20;1-3-6-10-8-5-4-7-9(10)2;1-3-9-7-5-4-6-8(9)2;1-3-8-5-4-6-9-7(8)2;1-7-5-3-4-6-8(7)9-2;3*1-6-7(9-2)4-3-5-8-6;1-3-5-6-4-2;1-3-4-5-6-2;;;;/h3-14H,1-2H3;3-13H,1-2H3;3-8H,1-2H3;4-7H,3H2,1-2H3;4-6H,3H2,1-2H3;3-6H,1-2H3;3*3-5H,1-2H3;3-6H,1-2H3;3-5H,1-2H3;4*1H4/b;;6-3-;;;;;;;5-3-,6-4-;4-3-,6-5?;;;;. The summed E-state index contributed by atoms with van der Waals surface area (Å²) in [4.78, 5) is 27.2. The van der Waals surface area contributed by atoms with E-state index in [9.17, 15) is 0 Å². The first-order valence-electron chi connectivity index (χ1n) is 40.4. The summed E-state index contributed by atoms with van der Waals surface area (Å²) in [5.41, 5.74) is 28.4. The molecule has 5 aromatic heterocycles. The fraction of sp³-hybridized carbons (Fsp3) is 0.268. The summed E-state index contributed by atoms with van der Waals surface area (Å²) in [5, 5.41) is 0. The summed E-state index contributed by atoms with van der Waals surface area (Å²) >= 11 is 3.53. The Morgan fingerprint density at radius 3 is 0.967 bits per heavy atom. The summed E-state index contributed by atoms with van der Waals surface area (Å²) in [6.45, 7) is 35.6. The van der Waals surface area contributed by atoms with Crippen molar-refractivity contribution >= 4 is 35.8 Å². The van der Waals surface area contributed by atoms with Gasteiger partial charge < -0.3 is 9.47 Å². The third-order valence-electron chi connectivity index (χ3n) is 20.1. The number of aliphatic imine (C=N–C) groups is 1. The average Bonchev–Trinajstić information content (AvgIpc) is 1.57. The number of benzene rings is 8. The van der Waals surface area contributed by atoms with Gasteiger partial charge in [0.25, 0.3) is 0 Å². The number of nitrogens with zero attached hydrogens (tertiary/aromatic N) is 6. The first-order chi connectivity index (χ1) is 57.2. The van der Waals surface area contributed by atoms with Crippen molar-refractivity contribution in [3.63, 3.8) is 0 Å². The van der Waals surface area contributed by atoms with Crippen molar-refractivity contribution < 1.29 is 9.47 Å². The summed E-state index contributed by atoms with van der Waals surface area (Å²) in [6, 6.07) is 89.0. The van der Waals surface area contributed by atoms with Gasteiger partial charge in [0.05, 0.1) is 31.3 Å². The van der Waals surface area contributed by atoms with Gasteiger partial charge in [-0.2, -0.15) is 0 Å². The Balaban J connectivity index is 0.000000688. The predicted octanol–water partition coefficient (Wildman–Crippen LogP) is 31.2. The third kappa shape index (κ3) is 32.4. The molecule has 0 atom stereocenters. The highest BCUT2D eigenvalue weighted by Crippen LogP contribution is 2.54. The van der Waals surface area contributed by atoms with Crippen LogP contribution in [0.3, 0.4) is 0 Å². The minimum Gasteiger partial charge on any atom is -0.495 e. The van der Waals surface area contributed by atoms with Crippen molar-refractivity contribution in [1.29, 1.82) is 0 Å². The van der Waals surface area contributed by atoms with Crippen LogP contribution in [-0.4, -0.2) is 64.9 Å². The molecule has 0 unspecified atom stereocenters. The monoisotopic (exact) mass is 1670 g/mol. The van der Waals surface area contributed by atoms with Crippen LogP contribution in [0.1, 0.15) is 186 Å². The zero-order chi connectivity index (χ0) is 86.1. The van der Waals surface area contributed by atoms with E-state index >= 15 is 0 Å². The van der Waals surface area contributed by atoms with Crippen LogP contribution in [0.2, 0.25) is 0 Å². The second-order valence-electron chi connectivity index (χ2n) is 27.9. The van der Waals surface area contributed by atoms with E-state index in [1.807, 2.05) is 153 Å². The second kappa shape index (κ2) is 60.0. The summed E-state index contributed by atoms with van der Waals surface area (Å²) < 4.78 is 9.96. The smallest absolute Gasteiger partial charge is 0.140 e. The van der Waals surface area contributed by atoms with Gasteiger partial charge in [-0.25, -0.2) is 0 Å². The number of aromatic nitrogens is 5. The summed E-state index contributed by atoms with van der Waals surface area (Å²) in [6.07, 6.45) is 33.2. The van der Waals surface area contributed by atoms with Crippen LogP contribution >= 0.6 is 23.5 Å². The highest BCUT2D eigenvalue weighted by Gasteiger charge is 2.42. The Bertz CT molecular complexity index is 4640. The molecule has 0 radical (unpaired) electrons. The Hall–Kier alpha value is -11.6. The zero-order valence-corrected chi connectivity index (χ0v) is 75.7. The van der Waals surface area contributed by atoms with Crippen molar-refractivity contribution in [3.05, 3.63) is 429 Å². The number of methoxy groups -OCH3 is 2. The molecule has 0 fully saturated rings. The van der Waals surface area contributed by atoms with E-state index in [0.29, 0.717) is 0 Å². The summed E-state index contributed by atoms with van der Waals surface area (Å²) in [7, 11) is 5.04. The fourth-order valence-electron chi connectivity index (χ4n) is 13.7. The van der Waals surface area contributed by atoms with Crippen LogP contribution in [0.15, 0.2) is 343 Å². The zero-order valence-electron chi connectivity index (χ0n) is 74.1. The third-order valence-corrected chi connectivity index (χ3v) is 21.9. The van der Waals surface area contributed by atoms with Crippen molar-refractivity contribution in [2.45, 2.75) is 181 Å². The van der Waals surface area contributed by atoms with E-state index in [4.69, 9.17) is 9.47 Å². The molecule has 15 rings (SSSR count). The molecule has 0 N–H and O–H groups in total. The highest BCUT2D eigenvalue weighted by molar-refractivity contribution is 7.98. The molecule has 0 spiro atoms. The Labute approximate surface area is 747 Å². The van der Waals surface area contributed by atoms with E-state index in [0.717, 1.165) is 52.8 Å². The number of aryl methyl sites for hydroxylation is 11. The van der Waals surface area contributed by atoms with Crippen LogP contribution in [-0.2, 0) is 23.7 Å². The number of hydrogen-bond acceptors (Lipinski definition) is 10. The molecule has 0 saturated carbocycles. The van der Waals surface area contributed by atoms with E-state index < -0.39 is 0 Å². The number of hydrogen-bond donors (Lipinski definition) is 0. The summed E-state index contributed by atoms with van der Waals surface area (Å²) in [5.74, 6) is 1.69. The van der Waals surface area contributed by atoms with Gasteiger partial charge in [-0.05, 0) is 284 Å². The largest absolute Gasteiger partial charge is 0.495 e. The van der Waals surface area contributed by atoms with Crippen molar-refractivity contribution in [2.75, 3.05) is 33.8 Å². The quantitative estimate of drug-likeness (QED) is 0.0713. The second-order valence-corrected chi connectivity index (χ2v) is 29.6. The number of fused-ring (bicyclic) bond motifs is 6. The number of thioether (sulfide) groups is 2. The first-order valence-corrected chi connectivity index (χ1v) is 42.9. The SMILES string of the molecule is C.C.C.C.C/C=C\C=C/C.C/C=C\C=NC.C/C=C\c1ccccc1C.CCc1ccccc1C.CCc1cccnc1C.COc1cccnc1C.COc1cccnc1C.CSc1ccccc1C.CSc1cccnc1C.Cc1ccccc1C1(C)c2ccccc2-c2ccccc21.Cc1ncccc1C1(C)c2ccccc2-c2ccccc21. The molecule has 10 heteroatoms. The Morgan fingerprint density at radius 1 is 0.320 bits per heavy atom. The Kier molecular flexibility index (Phi) is 53.3. The van der Waals surface area contributed by atoms with Crippen molar-refractivity contribution in [2.24, 2.45) is 4.99 Å². The minimum atomic E-state index is -0.120. The normalized spacial score (nSPS) is 11.2. The topological polar surface area (TPSA) is 95.3 Å². The van der Waals surface area contributed by atoms with Crippen LogP contribution in [0, 0.1) is 62.3 Å². The van der Waals surface area contributed by atoms with Crippen molar-refractivity contribution in [1.82, 2.24) is 24.9 Å². The Morgan fingerprint density at radius 2 is 0.648 bits per heavy atom. The lowest BCUT2D eigenvalue weighted by molar-refractivity contribution is 0.409. The minimum absolute atomic E-state index is 0. The molecule has 13 aromatic rings. The molecule has 5 heterocycles. The average molecular weight is 1670 g/mol. The van der Waals surface area contributed by atoms with Gasteiger partial charge >= 0.3 is 0 Å². The van der Waals surface area contributed by atoms with E-state index in [1.54, 1.807) is 63.4 Å².